The summed E-state index contributed by atoms with van der Waals surface area (Å²) in [7, 11) is 0. The molecule has 2 heterocycles. The normalized spacial score (nSPS) is 17.7. The van der Waals surface area contributed by atoms with Crippen LogP contribution in [0, 0.1) is 0 Å². The highest BCUT2D eigenvalue weighted by molar-refractivity contribution is 6.30. The molecular weight excluding hydrogens is 475 g/mol. The Bertz CT molecular complexity index is 965. The van der Waals surface area contributed by atoms with Crippen molar-refractivity contribution in [1.29, 1.82) is 0 Å². The van der Waals surface area contributed by atoms with Crippen molar-refractivity contribution in [2.24, 2.45) is 0 Å². The lowest BCUT2D eigenvalue weighted by Crippen LogP contribution is -2.54. The van der Waals surface area contributed by atoms with Crippen molar-refractivity contribution < 1.29 is 19.1 Å². The standard InChI is InChI=1S/C26H31ClN2O4.ClH/c1-26(2,25(31)29-13-11-22(12-14-29)28-15-17-32-18-16-28)33-23-9-5-20(6-10-23)24(30)19-3-7-21(27)8-4-19;/h3-10,22H,11-18H2,1-2H3;1H. The minimum Gasteiger partial charge on any atom is -0.478 e. The van der Waals surface area contributed by atoms with Crippen molar-refractivity contribution >= 4 is 35.7 Å². The van der Waals surface area contributed by atoms with Crippen molar-refractivity contribution in [3.05, 3.63) is 64.7 Å². The Hall–Kier alpha value is -2.12. The number of ether oxygens (including phenoxy) is 2. The van der Waals surface area contributed by atoms with Gasteiger partial charge in [0.15, 0.2) is 11.4 Å². The van der Waals surface area contributed by atoms with Crippen molar-refractivity contribution in [3.8, 4) is 5.75 Å². The molecule has 0 atom stereocenters. The summed E-state index contributed by atoms with van der Waals surface area (Å²) in [6.07, 6.45) is 1.95. The van der Waals surface area contributed by atoms with Gasteiger partial charge in [-0.2, -0.15) is 0 Å². The van der Waals surface area contributed by atoms with Crippen LogP contribution in [0.3, 0.4) is 0 Å². The van der Waals surface area contributed by atoms with Gasteiger partial charge in [0.1, 0.15) is 5.75 Å². The maximum absolute atomic E-state index is 13.2. The molecule has 2 aliphatic heterocycles. The maximum atomic E-state index is 13.2. The molecule has 0 saturated carbocycles. The van der Waals surface area contributed by atoms with E-state index in [0.29, 0.717) is 27.9 Å². The number of piperidine rings is 1. The Balaban J connectivity index is 0.00000324. The maximum Gasteiger partial charge on any atom is 0.266 e. The third kappa shape index (κ3) is 6.30. The second-order valence-corrected chi connectivity index (χ2v) is 9.58. The zero-order valence-corrected chi connectivity index (χ0v) is 21.2. The number of amides is 1. The Morgan fingerprint density at radius 2 is 1.44 bits per heavy atom. The van der Waals surface area contributed by atoms with Gasteiger partial charge in [0.05, 0.1) is 13.2 Å². The molecule has 2 aliphatic rings. The molecule has 2 aromatic carbocycles. The van der Waals surface area contributed by atoms with E-state index >= 15 is 0 Å². The predicted molar refractivity (Wildman–Crippen MR) is 135 cm³/mol. The van der Waals surface area contributed by atoms with Crippen LogP contribution in [-0.4, -0.2) is 72.5 Å². The summed E-state index contributed by atoms with van der Waals surface area (Å²) in [6.45, 7) is 8.62. The minimum absolute atomic E-state index is 0. The van der Waals surface area contributed by atoms with Crippen molar-refractivity contribution in [2.75, 3.05) is 39.4 Å². The lowest BCUT2D eigenvalue weighted by molar-refractivity contribution is -0.147. The topological polar surface area (TPSA) is 59.1 Å². The van der Waals surface area contributed by atoms with Crippen LogP contribution in [0.5, 0.6) is 5.75 Å². The van der Waals surface area contributed by atoms with E-state index in [-0.39, 0.29) is 24.1 Å². The van der Waals surface area contributed by atoms with E-state index in [1.807, 2.05) is 4.90 Å². The molecule has 34 heavy (non-hydrogen) atoms. The first kappa shape index (κ1) is 26.5. The summed E-state index contributed by atoms with van der Waals surface area (Å²) in [5.74, 6) is 0.463. The Morgan fingerprint density at radius 3 is 2.00 bits per heavy atom. The van der Waals surface area contributed by atoms with E-state index in [1.165, 1.54) is 0 Å². The van der Waals surface area contributed by atoms with Gasteiger partial charge in [-0.25, -0.2) is 0 Å². The third-order valence-corrected chi connectivity index (χ3v) is 6.68. The second kappa shape index (κ2) is 11.5. The molecule has 184 valence electrons. The quantitative estimate of drug-likeness (QED) is 0.540. The van der Waals surface area contributed by atoms with Gasteiger partial charge in [0.2, 0.25) is 0 Å². The average Bonchev–Trinajstić information content (AvgIpc) is 2.84. The van der Waals surface area contributed by atoms with Gasteiger partial charge in [-0.3, -0.25) is 14.5 Å². The molecule has 2 aromatic rings. The highest BCUT2D eigenvalue weighted by atomic mass is 35.5. The van der Waals surface area contributed by atoms with Crippen LogP contribution in [0.15, 0.2) is 48.5 Å². The largest absolute Gasteiger partial charge is 0.478 e. The fraction of sp³-hybridized carbons (Fsp3) is 0.462. The summed E-state index contributed by atoms with van der Waals surface area (Å²) < 4.78 is 11.5. The molecule has 2 saturated heterocycles. The number of hydrogen-bond acceptors (Lipinski definition) is 5. The first-order valence-electron chi connectivity index (χ1n) is 11.5. The predicted octanol–water partition coefficient (Wildman–Crippen LogP) is 4.47. The molecular formula is C26H32Cl2N2O4. The van der Waals surface area contributed by atoms with Crippen LogP contribution in [0.25, 0.3) is 0 Å². The monoisotopic (exact) mass is 506 g/mol. The van der Waals surface area contributed by atoms with Gasteiger partial charge >= 0.3 is 0 Å². The van der Waals surface area contributed by atoms with Gasteiger partial charge in [-0.1, -0.05) is 11.6 Å². The van der Waals surface area contributed by atoms with Gasteiger partial charge in [0.25, 0.3) is 5.91 Å². The number of morpholine rings is 1. The van der Waals surface area contributed by atoms with Crippen LogP contribution < -0.4 is 4.74 Å². The van der Waals surface area contributed by atoms with Gasteiger partial charge in [-0.05, 0) is 75.2 Å². The van der Waals surface area contributed by atoms with E-state index in [1.54, 1.807) is 62.4 Å². The van der Waals surface area contributed by atoms with E-state index in [0.717, 1.165) is 52.2 Å². The molecule has 8 heteroatoms. The number of halogens is 2. The van der Waals surface area contributed by atoms with E-state index in [9.17, 15) is 9.59 Å². The SMILES string of the molecule is CC(C)(Oc1ccc(C(=O)c2ccc(Cl)cc2)cc1)C(=O)N1CCC(N2CCOCC2)CC1.Cl. The number of ketones is 1. The van der Waals surface area contributed by atoms with Crippen molar-refractivity contribution in [3.63, 3.8) is 0 Å². The van der Waals surface area contributed by atoms with Crippen molar-refractivity contribution in [2.45, 2.75) is 38.3 Å². The highest BCUT2D eigenvalue weighted by Gasteiger charge is 2.37. The highest BCUT2D eigenvalue weighted by Crippen LogP contribution is 2.25. The van der Waals surface area contributed by atoms with Crippen LogP contribution in [0.1, 0.15) is 42.6 Å². The minimum atomic E-state index is -0.993. The van der Waals surface area contributed by atoms with Crippen molar-refractivity contribution in [1.82, 2.24) is 9.80 Å². The summed E-state index contributed by atoms with van der Waals surface area (Å²) >= 11 is 5.90. The van der Waals surface area contributed by atoms with E-state index in [2.05, 4.69) is 4.90 Å². The molecule has 0 bridgehead atoms. The number of carbonyl (C=O) groups excluding carboxylic acids is 2. The van der Waals surface area contributed by atoms with Gasteiger partial charge in [-0.15, -0.1) is 12.4 Å². The molecule has 4 rings (SSSR count). The van der Waals surface area contributed by atoms with E-state index in [4.69, 9.17) is 21.1 Å². The zero-order chi connectivity index (χ0) is 23.4. The van der Waals surface area contributed by atoms with Crippen LogP contribution in [-0.2, 0) is 9.53 Å². The number of hydrogen-bond donors (Lipinski definition) is 0. The Labute approximate surface area is 212 Å². The van der Waals surface area contributed by atoms with Gasteiger partial charge in [0, 0.05) is 48.4 Å². The van der Waals surface area contributed by atoms with Gasteiger partial charge < -0.3 is 14.4 Å². The summed E-state index contributed by atoms with van der Waals surface area (Å²) in [5, 5.41) is 0.590. The van der Waals surface area contributed by atoms with Crippen LogP contribution >= 0.6 is 24.0 Å². The molecule has 6 nitrogen and oxygen atoms in total. The van der Waals surface area contributed by atoms with Crippen LogP contribution in [0.2, 0.25) is 5.02 Å². The molecule has 0 spiro atoms. The van der Waals surface area contributed by atoms with E-state index < -0.39 is 5.60 Å². The zero-order valence-electron chi connectivity index (χ0n) is 19.7. The second-order valence-electron chi connectivity index (χ2n) is 9.14. The number of likely N-dealkylation sites (tertiary alicyclic amines) is 1. The smallest absolute Gasteiger partial charge is 0.266 e. The summed E-state index contributed by atoms with van der Waals surface area (Å²) in [4.78, 5) is 30.2. The fourth-order valence-electron chi connectivity index (χ4n) is 4.54. The molecule has 0 aliphatic carbocycles. The number of carbonyl (C=O) groups is 2. The number of benzene rings is 2. The van der Waals surface area contributed by atoms with Crippen LogP contribution in [0.4, 0.5) is 0 Å². The first-order chi connectivity index (χ1) is 15.8. The molecule has 2 fully saturated rings. The molecule has 0 N–H and O–H groups in total. The Kier molecular flexibility index (Phi) is 8.99. The summed E-state index contributed by atoms with van der Waals surface area (Å²) in [6, 6.07) is 14.3. The first-order valence-corrected chi connectivity index (χ1v) is 11.9. The summed E-state index contributed by atoms with van der Waals surface area (Å²) in [5.41, 5.74) is 0.135. The number of rotatable bonds is 6. The molecule has 1 amide bonds. The molecule has 0 radical (unpaired) electrons. The molecule has 0 unspecified atom stereocenters. The lowest BCUT2D eigenvalue weighted by Gasteiger charge is -2.41. The fourth-order valence-corrected chi connectivity index (χ4v) is 4.66. The average molecular weight is 507 g/mol. The third-order valence-electron chi connectivity index (χ3n) is 6.42. The number of nitrogens with zero attached hydrogens (tertiary/aromatic N) is 2. The molecule has 0 aromatic heterocycles. The lowest BCUT2D eigenvalue weighted by atomic mass is 9.99. The Morgan fingerprint density at radius 1 is 0.912 bits per heavy atom.